The number of anilines is 1. The third-order valence-corrected chi connectivity index (χ3v) is 18.8. The zero-order valence-electron chi connectivity index (χ0n) is 46.1. The number of esters is 2. The molecule has 1 amide bonds. The fourth-order valence-corrected chi connectivity index (χ4v) is 14.9. The Balaban J connectivity index is 0.666. The van der Waals surface area contributed by atoms with Crippen LogP contribution < -0.4 is 15.6 Å². The Hall–Kier alpha value is -6.49. The van der Waals surface area contributed by atoms with E-state index in [9.17, 15) is 33.9 Å². The summed E-state index contributed by atoms with van der Waals surface area (Å²) in [4.78, 5) is 90.1. The van der Waals surface area contributed by atoms with Crippen LogP contribution in [0.15, 0.2) is 76.1 Å². The Bertz CT molecular complexity index is 3240. The lowest BCUT2D eigenvalue weighted by molar-refractivity contribution is -0.182. The summed E-state index contributed by atoms with van der Waals surface area (Å²) >= 11 is 0. The van der Waals surface area contributed by atoms with Crippen molar-refractivity contribution in [3.63, 3.8) is 0 Å². The summed E-state index contributed by atoms with van der Waals surface area (Å²) in [7, 11) is 3.91. The number of allylic oxidation sites excluding steroid dienone is 4. The molecular weight excluding hydrogens is 989 g/mol. The zero-order valence-corrected chi connectivity index (χ0v) is 46.1. The van der Waals surface area contributed by atoms with E-state index in [1.165, 1.54) is 29.2 Å². The first-order valence-electron chi connectivity index (χ1n) is 28.4. The molecule has 2 saturated carbocycles. The van der Waals surface area contributed by atoms with Crippen molar-refractivity contribution in [2.45, 2.75) is 142 Å². The van der Waals surface area contributed by atoms with E-state index in [0.29, 0.717) is 61.6 Å². The molecule has 11 rings (SSSR count). The molecule has 16 nitrogen and oxygen atoms in total. The largest absolute Gasteiger partial charge is 0.458 e. The van der Waals surface area contributed by atoms with Crippen molar-refractivity contribution in [3.05, 3.63) is 109 Å². The molecule has 16 heteroatoms. The quantitative estimate of drug-likeness (QED) is 0.0748. The molecule has 4 aliphatic carbocycles. The smallest absolute Gasteiger partial charge is 0.415 e. The van der Waals surface area contributed by atoms with Gasteiger partial charge in [-0.15, -0.1) is 0 Å². The number of nitrogens with one attached hydrogen (secondary N) is 1. The SMILES string of the molecule is CC[C@@]1(O)C(=O)OCc2c1cc1n(c2=O)Cc2cc3c(CN(C)C)c(OC(=O)N4CCN(CCCCCCNc5ccc([C@H]6C[C@@]7(C)[C@@H](CC[C@]7(OC(C)=O)C(C)=O)[C@@H]7CCC8=CC(=O)CCC8=C76)cc5)CC4)ccc3nc2-1. The van der Waals surface area contributed by atoms with Crippen LogP contribution in [0, 0.1) is 17.3 Å². The van der Waals surface area contributed by atoms with Crippen molar-refractivity contribution in [2.24, 2.45) is 17.3 Å². The number of carbonyl (C=O) groups excluding carboxylic acids is 5. The van der Waals surface area contributed by atoms with Crippen molar-refractivity contribution < 1.29 is 43.3 Å². The number of hydrogen-bond donors (Lipinski definition) is 2. The fraction of sp³-hybridized carbons (Fsp3) is 0.532. The first-order chi connectivity index (χ1) is 37.4. The predicted octanol–water partition coefficient (Wildman–Crippen LogP) is 8.72. The molecule has 1 saturated heterocycles. The number of nitrogens with zero attached hydrogens (tertiary/aromatic N) is 5. The van der Waals surface area contributed by atoms with Gasteiger partial charge in [-0.25, -0.2) is 14.6 Å². The van der Waals surface area contributed by atoms with E-state index in [-0.39, 0.29) is 71.7 Å². The number of aliphatic hydroxyl groups is 1. The van der Waals surface area contributed by atoms with Crippen molar-refractivity contribution >= 4 is 46.2 Å². The van der Waals surface area contributed by atoms with Crippen molar-refractivity contribution in [1.82, 2.24) is 24.3 Å². The molecule has 2 aromatic carbocycles. The van der Waals surface area contributed by atoms with Crippen molar-refractivity contribution in [3.8, 4) is 17.1 Å². The van der Waals surface area contributed by atoms with Crippen LogP contribution in [0.5, 0.6) is 5.75 Å². The van der Waals surface area contributed by atoms with E-state index in [4.69, 9.17) is 19.2 Å². The van der Waals surface area contributed by atoms with Gasteiger partial charge in [0, 0.05) is 91.7 Å². The lowest BCUT2D eigenvalue weighted by Gasteiger charge is -2.55. The predicted molar refractivity (Wildman–Crippen MR) is 295 cm³/mol. The van der Waals surface area contributed by atoms with E-state index in [0.717, 1.165) is 99.7 Å². The van der Waals surface area contributed by atoms with Gasteiger partial charge in [-0.1, -0.05) is 44.4 Å². The second kappa shape index (κ2) is 21.0. The normalized spacial score (nSPS) is 26.3. The third kappa shape index (κ3) is 9.28. The monoisotopic (exact) mass is 1060 g/mol. The van der Waals surface area contributed by atoms with Crippen LogP contribution in [-0.4, -0.2) is 118 Å². The Morgan fingerprint density at radius 2 is 1.71 bits per heavy atom. The van der Waals surface area contributed by atoms with E-state index in [1.807, 2.05) is 37.2 Å². The van der Waals surface area contributed by atoms with Crippen LogP contribution in [0.25, 0.3) is 22.3 Å². The summed E-state index contributed by atoms with van der Waals surface area (Å²) in [6, 6.07) is 16.1. The number of unbranched alkanes of at least 4 members (excludes halogenated alkanes) is 3. The average Bonchev–Trinajstić information content (AvgIpc) is 3.66. The number of ether oxygens (including phenoxy) is 3. The number of pyridine rings is 2. The molecule has 412 valence electrons. The molecule has 0 bridgehead atoms. The maximum Gasteiger partial charge on any atom is 0.415 e. The molecule has 78 heavy (non-hydrogen) atoms. The number of hydrogen-bond acceptors (Lipinski definition) is 14. The maximum atomic E-state index is 13.8. The van der Waals surface area contributed by atoms with E-state index in [1.54, 1.807) is 35.4 Å². The van der Waals surface area contributed by atoms with Gasteiger partial charge in [-0.2, -0.15) is 0 Å². The highest BCUT2D eigenvalue weighted by Gasteiger charge is 2.67. The van der Waals surface area contributed by atoms with Crippen LogP contribution >= 0.6 is 0 Å². The van der Waals surface area contributed by atoms with Gasteiger partial charge in [0.2, 0.25) is 0 Å². The van der Waals surface area contributed by atoms with Gasteiger partial charge < -0.3 is 39.0 Å². The summed E-state index contributed by atoms with van der Waals surface area (Å²) < 4.78 is 19.1. The second-order valence-corrected chi connectivity index (χ2v) is 23.6. The lowest BCUT2D eigenvalue weighted by atomic mass is 9.50. The number of piperazine rings is 1. The lowest BCUT2D eigenvalue weighted by Crippen LogP contribution is -2.57. The highest BCUT2D eigenvalue weighted by atomic mass is 16.6. The summed E-state index contributed by atoms with van der Waals surface area (Å²) in [5, 5.41) is 15.8. The van der Waals surface area contributed by atoms with Gasteiger partial charge in [0.15, 0.2) is 22.8 Å². The number of rotatable bonds is 15. The van der Waals surface area contributed by atoms with E-state index >= 15 is 0 Å². The van der Waals surface area contributed by atoms with Gasteiger partial charge in [-0.3, -0.25) is 24.1 Å². The van der Waals surface area contributed by atoms with Crippen molar-refractivity contribution in [1.29, 1.82) is 0 Å². The average molecular weight is 1060 g/mol. The molecule has 5 heterocycles. The molecule has 3 aliphatic heterocycles. The van der Waals surface area contributed by atoms with Gasteiger partial charge in [0.1, 0.15) is 12.4 Å². The first kappa shape index (κ1) is 53.5. The first-order valence-corrected chi connectivity index (χ1v) is 28.4. The van der Waals surface area contributed by atoms with E-state index < -0.39 is 28.6 Å². The number of fused-ring (bicyclic) bond motifs is 9. The van der Waals surface area contributed by atoms with Gasteiger partial charge in [-0.05, 0) is 156 Å². The highest BCUT2D eigenvalue weighted by molar-refractivity contribution is 5.93. The number of carbonyl (C=O) groups is 5. The fourth-order valence-electron chi connectivity index (χ4n) is 14.9. The number of Topliss-reactive ketones (excluding diaryl/α,β-unsaturated/α-hetero) is 1. The van der Waals surface area contributed by atoms with Crippen LogP contribution in [0.3, 0.4) is 0 Å². The van der Waals surface area contributed by atoms with Gasteiger partial charge in [0.05, 0.1) is 29.0 Å². The number of ketones is 2. The van der Waals surface area contributed by atoms with Crippen molar-refractivity contribution in [2.75, 3.05) is 58.7 Å². The maximum absolute atomic E-state index is 13.8. The molecular formula is C62H74N6O10. The Morgan fingerprint density at radius 3 is 2.44 bits per heavy atom. The van der Waals surface area contributed by atoms with Gasteiger partial charge in [0.25, 0.3) is 5.56 Å². The number of amides is 1. The zero-order chi connectivity index (χ0) is 54.8. The standard InChI is InChI=1S/C62H74N6O10/c1-7-61(75)51-32-53-56-41(34-68(53)57(72)49(51)36-76-58(61)73)31-46-48(35-65(5)6)54(21-20-52(46)64-56)77-59(74)67-28-26-66(27-29-67)25-11-9-8-10-24-63-42-15-12-39(13-16-42)47-33-60(4)50(22-23-62(60,37(2)69)78-38(3)70)45-18-14-40-30-43(71)17-19-44(40)55(45)47/h12-13,15-16,20-21,30-32,45,47,50,63,75H,7-11,14,17-19,22-29,33-36H2,1-6H3/t45-,47+,50-,60-,61-,62-/m0/s1. The summed E-state index contributed by atoms with van der Waals surface area (Å²) in [5.41, 5.74) is 6.41. The molecule has 2 aromatic heterocycles. The minimum atomic E-state index is -1.91. The minimum Gasteiger partial charge on any atom is -0.458 e. The Kier molecular flexibility index (Phi) is 14.4. The van der Waals surface area contributed by atoms with Gasteiger partial charge >= 0.3 is 18.0 Å². The molecule has 3 fully saturated rings. The number of benzene rings is 2. The molecule has 0 spiro atoms. The van der Waals surface area contributed by atoms with Crippen LogP contribution in [0.1, 0.15) is 138 Å². The van der Waals surface area contributed by atoms with Crippen LogP contribution in [-0.2, 0) is 53.9 Å². The Labute approximate surface area is 456 Å². The Morgan fingerprint density at radius 1 is 0.936 bits per heavy atom. The topological polar surface area (TPSA) is 190 Å². The molecule has 4 aromatic rings. The third-order valence-electron chi connectivity index (χ3n) is 18.8. The molecule has 7 aliphatic rings. The molecule has 0 unspecified atom stereocenters. The molecule has 6 atom stereocenters. The van der Waals surface area contributed by atoms with Crippen LogP contribution in [0.4, 0.5) is 10.5 Å². The number of cyclic esters (lactones) is 1. The summed E-state index contributed by atoms with van der Waals surface area (Å²) in [6.45, 7) is 12.0. The molecule has 2 N–H and O–H groups in total. The second-order valence-electron chi connectivity index (χ2n) is 23.6. The minimum absolute atomic E-state index is 0.0576. The van der Waals surface area contributed by atoms with Crippen LogP contribution in [0.2, 0.25) is 0 Å². The highest BCUT2D eigenvalue weighted by Crippen LogP contribution is 2.68. The number of aromatic nitrogens is 2. The molecule has 0 radical (unpaired) electrons. The van der Waals surface area contributed by atoms with E-state index in [2.05, 4.69) is 41.4 Å². The summed E-state index contributed by atoms with van der Waals surface area (Å²) in [6.07, 6.45) is 11.1. The summed E-state index contributed by atoms with van der Waals surface area (Å²) in [5.74, 6) is 0.00113.